The van der Waals surface area contributed by atoms with Gasteiger partial charge in [-0.1, -0.05) is 25.4 Å². The Kier molecular flexibility index (Phi) is 5.87. The first-order chi connectivity index (χ1) is 9.65. The van der Waals surface area contributed by atoms with E-state index >= 15 is 0 Å². The van der Waals surface area contributed by atoms with Crippen LogP contribution in [-0.4, -0.2) is 40.9 Å². The van der Waals surface area contributed by atoms with Crippen molar-refractivity contribution in [2.24, 2.45) is 13.0 Å². The number of piperidine rings is 1. The second-order valence-electron chi connectivity index (χ2n) is 5.72. The molecule has 1 aliphatic heterocycles. The molecule has 2 rings (SSSR count). The number of nitrogens with zero attached hydrogens (tertiary/aromatic N) is 3. The van der Waals surface area contributed by atoms with Crippen molar-refractivity contribution in [2.45, 2.75) is 39.7 Å². The van der Waals surface area contributed by atoms with Crippen molar-refractivity contribution in [1.82, 2.24) is 20.0 Å². The third-order valence-corrected chi connectivity index (χ3v) is 4.68. The molecule has 1 atom stereocenters. The third-order valence-electron chi connectivity index (χ3n) is 4.24. The van der Waals surface area contributed by atoms with E-state index < -0.39 is 0 Å². The van der Waals surface area contributed by atoms with E-state index in [-0.39, 0.29) is 0 Å². The Morgan fingerprint density at radius 1 is 1.45 bits per heavy atom. The van der Waals surface area contributed by atoms with E-state index in [1.165, 1.54) is 19.4 Å². The largest absolute Gasteiger partial charge is 0.316 e. The fraction of sp³-hybridized carbons (Fsp3) is 0.800. The van der Waals surface area contributed by atoms with E-state index in [0.29, 0.717) is 0 Å². The molecule has 0 aromatic carbocycles. The first-order valence-corrected chi connectivity index (χ1v) is 8.16. The van der Waals surface area contributed by atoms with Gasteiger partial charge in [0.05, 0.1) is 16.4 Å². The molecule has 1 unspecified atom stereocenters. The number of hydrogen-bond acceptors (Lipinski definition) is 3. The summed E-state index contributed by atoms with van der Waals surface area (Å²) in [5.74, 6) is 0.765. The van der Waals surface area contributed by atoms with Crippen LogP contribution < -0.4 is 5.32 Å². The summed E-state index contributed by atoms with van der Waals surface area (Å²) in [6.07, 6.45) is 3.53. The fourth-order valence-electron chi connectivity index (χ4n) is 2.95. The molecule has 1 aromatic rings. The van der Waals surface area contributed by atoms with E-state index in [9.17, 15) is 0 Å². The van der Waals surface area contributed by atoms with Crippen molar-refractivity contribution in [3.05, 3.63) is 16.4 Å². The number of aromatic nitrogens is 2. The second-order valence-corrected chi connectivity index (χ2v) is 6.10. The van der Waals surface area contributed by atoms with Gasteiger partial charge in [0.1, 0.15) is 0 Å². The zero-order chi connectivity index (χ0) is 14.5. The second kappa shape index (κ2) is 7.43. The van der Waals surface area contributed by atoms with E-state index in [2.05, 4.69) is 29.2 Å². The van der Waals surface area contributed by atoms with Crippen LogP contribution >= 0.6 is 11.6 Å². The number of hydrogen-bond donors (Lipinski definition) is 1. The van der Waals surface area contributed by atoms with Gasteiger partial charge < -0.3 is 5.32 Å². The molecule has 1 fully saturated rings. The molecule has 5 heteroatoms. The Bertz CT molecular complexity index is 424. The SMILES string of the molecule is CCc1nn(C)c(CN(CC)CC2CCCNC2)c1Cl. The van der Waals surface area contributed by atoms with Crippen LogP contribution in [0.2, 0.25) is 5.02 Å². The Morgan fingerprint density at radius 3 is 2.80 bits per heavy atom. The molecular weight excluding hydrogens is 272 g/mol. The highest BCUT2D eigenvalue weighted by molar-refractivity contribution is 6.31. The molecule has 0 amide bonds. The normalized spacial score (nSPS) is 19.8. The molecule has 2 heterocycles. The van der Waals surface area contributed by atoms with Gasteiger partial charge in [-0.05, 0) is 44.8 Å². The minimum absolute atomic E-state index is 0.765. The molecule has 0 radical (unpaired) electrons. The Labute approximate surface area is 127 Å². The number of aryl methyl sites for hydroxylation is 2. The first-order valence-electron chi connectivity index (χ1n) is 7.79. The zero-order valence-electron chi connectivity index (χ0n) is 13.0. The molecule has 114 valence electrons. The molecule has 20 heavy (non-hydrogen) atoms. The molecule has 4 nitrogen and oxygen atoms in total. The van der Waals surface area contributed by atoms with Crippen LogP contribution in [0.4, 0.5) is 0 Å². The summed E-state index contributed by atoms with van der Waals surface area (Å²) in [6, 6.07) is 0. The molecule has 0 saturated carbocycles. The summed E-state index contributed by atoms with van der Waals surface area (Å²) in [7, 11) is 2.00. The predicted octanol–water partition coefficient (Wildman–Crippen LogP) is 2.46. The number of rotatable bonds is 6. The lowest BCUT2D eigenvalue weighted by molar-refractivity contribution is 0.205. The maximum Gasteiger partial charge on any atom is 0.0863 e. The average molecular weight is 299 g/mol. The Balaban J connectivity index is 2.00. The highest BCUT2D eigenvalue weighted by Gasteiger charge is 2.19. The number of nitrogens with one attached hydrogen (secondary N) is 1. The van der Waals surface area contributed by atoms with E-state index in [1.807, 2.05) is 11.7 Å². The topological polar surface area (TPSA) is 33.1 Å². The Hall–Kier alpha value is -0.580. The molecule has 0 bridgehead atoms. The molecule has 1 aromatic heterocycles. The molecule has 1 saturated heterocycles. The number of halogens is 1. The van der Waals surface area contributed by atoms with Crippen molar-refractivity contribution in [1.29, 1.82) is 0 Å². The first kappa shape index (κ1) is 15.8. The molecular formula is C15H27ClN4. The van der Waals surface area contributed by atoms with Crippen molar-refractivity contribution in [2.75, 3.05) is 26.2 Å². The molecule has 1 aliphatic rings. The van der Waals surface area contributed by atoms with Gasteiger partial charge in [-0.3, -0.25) is 9.58 Å². The quantitative estimate of drug-likeness (QED) is 0.876. The maximum absolute atomic E-state index is 6.45. The lowest BCUT2D eigenvalue weighted by Gasteiger charge is -2.29. The van der Waals surface area contributed by atoms with E-state index in [4.69, 9.17) is 11.6 Å². The van der Waals surface area contributed by atoms with Crippen molar-refractivity contribution < 1.29 is 0 Å². The summed E-state index contributed by atoms with van der Waals surface area (Å²) >= 11 is 6.45. The average Bonchev–Trinajstić information content (AvgIpc) is 2.74. The molecule has 0 aliphatic carbocycles. The van der Waals surface area contributed by atoms with Crippen LogP contribution in [0.25, 0.3) is 0 Å². The van der Waals surface area contributed by atoms with Crippen LogP contribution in [0.15, 0.2) is 0 Å². The predicted molar refractivity (Wildman–Crippen MR) is 84.1 cm³/mol. The standard InChI is InChI=1S/C15H27ClN4/c1-4-13-15(16)14(19(3)18-13)11-20(5-2)10-12-7-6-8-17-9-12/h12,17H,4-11H2,1-3H3. The van der Waals surface area contributed by atoms with Gasteiger partial charge in [-0.15, -0.1) is 0 Å². The minimum Gasteiger partial charge on any atom is -0.316 e. The monoisotopic (exact) mass is 298 g/mol. The Morgan fingerprint density at radius 2 is 2.25 bits per heavy atom. The summed E-state index contributed by atoms with van der Waals surface area (Å²) < 4.78 is 1.95. The van der Waals surface area contributed by atoms with Gasteiger partial charge in [0, 0.05) is 20.1 Å². The van der Waals surface area contributed by atoms with Gasteiger partial charge in [0.2, 0.25) is 0 Å². The van der Waals surface area contributed by atoms with Gasteiger partial charge in [0.15, 0.2) is 0 Å². The van der Waals surface area contributed by atoms with Gasteiger partial charge in [-0.25, -0.2) is 0 Å². The zero-order valence-corrected chi connectivity index (χ0v) is 13.7. The summed E-state index contributed by atoms with van der Waals surface area (Å²) in [4.78, 5) is 2.49. The minimum atomic E-state index is 0.765. The van der Waals surface area contributed by atoms with Crippen LogP contribution in [0.5, 0.6) is 0 Å². The van der Waals surface area contributed by atoms with Gasteiger partial charge in [-0.2, -0.15) is 5.10 Å². The van der Waals surface area contributed by atoms with E-state index in [0.717, 1.165) is 54.9 Å². The maximum atomic E-state index is 6.45. The molecule has 0 spiro atoms. The van der Waals surface area contributed by atoms with Crippen molar-refractivity contribution in [3.8, 4) is 0 Å². The van der Waals surface area contributed by atoms with Crippen LogP contribution in [-0.2, 0) is 20.0 Å². The lowest BCUT2D eigenvalue weighted by atomic mass is 9.99. The van der Waals surface area contributed by atoms with Crippen molar-refractivity contribution >= 4 is 11.6 Å². The third kappa shape index (κ3) is 3.74. The van der Waals surface area contributed by atoms with Crippen LogP contribution in [0.1, 0.15) is 38.1 Å². The van der Waals surface area contributed by atoms with Gasteiger partial charge in [0.25, 0.3) is 0 Å². The van der Waals surface area contributed by atoms with Crippen LogP contribution in [0.3, 0.4) is 0 Å². The van der Waals surface area contributed by atoms with E-state index in [1.54, 1.807) is 0 Å². The van der Waals surface area contributed by atoms with Crippen LogP contribution in [0, 0.1) is 5.92 Å². The lowest BCUT2D eigenvalue weighted by Crippen LogP contribution is -2.38. The summed E-state index contributed by atoms with van der Waals surface area (Å²) in [6.45, 7) is 9.75. The highest BCUT2D eigenvalue weighted by Crippen LogP contribution is 2.23. The van der Waals surface area contributed by atoms with Crippen molar-refractivity contribution in [3.63, 3.8) is 0 Å². The van der Waals surface area contributed by atoms with Gasteiger partial charge >= 0.3 is 0 Å². The molecule has 1 N–H and O–H groups in total. The highest BCUT2D eigenvalue weighted by atomic mass is 35.5. The summed E-state index contributed by atoms with van der Waals surface area (Å²) in [5.41, 5.74) is 2.16. The summed E-state index contributed by atoms with van der Waals surface area (Å²) in [5, 5.41) is 8.86. The smallest absolute Gasteiger partial charge is 0.0863 e. The fourth-order valence-corrected chi connectivity index (χ4v) is 3.31.